The molecule has 2 N–H and O–H groups in total. The van der Waals surface area contributed by atoms with Crippen molar-refractivity contribution in [2.75, 3.05) is 6.61 Å². The van der Waals surface area contributed by atoms with E-state index in [0.29, 0.717) is 0 Å². The largest absolute Gasteiger partial charge is 0.479 e. The van der Waals surface area contributed by atoms with Gasteiger partial charge in [0.15, 0.2) is 23.4 Å². The molecule has 138 valence electrons. The van der Waals surface area contributed by atoms with E-state index in [9.17, 15) is 24.0 Å². The van der Waals surface area contributed by atoms with Crippen molar-refractivity contribution in [2.24, 2.45) is 0 Å². The van der Waals surface area contributed by atoms with Crippen LogP contribution in [0.1, 0.15) is 49.0 Å². The molecule has 1 aliphatic rings. The number of carbonyl (C=O) groups is 5. The van der Waals surface area contributed by atoms with E-state index in [1.807, 2.05) is 0 Å². The first kappa shape index (κ1) is 18.2. The molecule has 0 aliphatic heterocycles. The van der Waals surface area contributed by atoms with E-state index in [1.165, 1.54) is 12.1 Å². The molecule has 1 heterocycles. The summed E-state index contributed by atoms with van der Waals surface area (Å²) in [5.41, 5.74) is 0.277. The summed E-state index contributed by atoms with van der Waals surface area (Å²) in [7, 11) is 0. The Bertz CT molecular complexity index is 930. The summed E-state index contributed by atoms with van der Waals surface area (Å²) in [6, 6.07) is 7.23. The van der Waals surface area contributed by atoms with Gasteiger partial charge in [-0.15, -0.1) is 0 Å². The highest BCUT2D eigenvalue weighted by Crippen LogP contribution is 2.30. The quantitative estimate of drug-likeness (QED) is 0.361. The van der Waals surface area contributed by atoms with E-state index in [-0.39, 0.29) is 28.2 Å². The number of benzene rings is 1. The summed E-state index contributed by atoms with van der Waals surface area (Å²) in [6.45, 7) is -0.817. The molecule has 1 aliphatic carbocycles. The van der Waals surface area contributed by atoms with Gasteiger partial charge in [0.25, 0.3) is 0 Å². The number of aliphatic hydroxyl groups is 1. The molecular formula is C18H12O9. The molecule has 27 heavy (non-hydrogen) atoms. The van der Waals surface area contributed by atoms with Gasteiger partial charge in [-0.2, -0.15) is 0 Å². The van der Waals surface area contributed by atoms with Crippen molar-refractivity contribution in [3.05, 3.63) is 58.5 Å². The predicted molar refractivity (Wildman–Crippen MR) is 85.6 cm³/mol. The molecule has 0 saturated heterocycles. The molecule has 1 aromatic carbocycles. The van der Waals surface area contributed by atoms with Crippen LogP contribution in [-0.2, 0) is 14.3 Å². The lowest BCUT2D eigenvalue weighted by atomic mass is 9.88. The fourth-order valence-corrected chi connectivity index (χ4v) is 2.52. The fourth-order valence-electron chi connectivity index (χ4n) is 2.52. The van der Waals surface area contributed by atoms with Gasteiger partial charge in [0.05, 0.1) is 5.56 Å². The van der Waals surface area contributed by atoms with Crippen LogP contribution >= 0.6 is 0 Å². The third-order valence-corrected chi connectivity index (χ3v) is 3.87. The van der Waals surface area contributed by atoms with Gasteiger partial charge in [-0.1, -0.05) is 24.3 Å². The minimum Gasteiger partial charge on any atom is -0.479 e. The van der Waals surface area contributed by atoms with E-state index >= 15 is 0 Å². The predicted octanol–water partition coefficient (Wildman–Crippen LogP) is 0.617. The first-order chi connectivity index (χ1) is 12.8. The summed E-state index contributed by atoms with van der Waals surface area (Å²) in [5.74, 6) is -5.20. The number of furan rings is 1. The molecule has 1 unspecified atom stereocenters. The summed E-state index contributed by atoms with van der Waals surface area (Å²) >= 11 is 0. The molecule has 0 radical (unpaired) electrons. The number of hydrogen-bond acceptors (Lipinski definition) is 8. The van der Waals surface area contributed by atoms with Crippen molar-refractivity contribution in [3.63, 3.8) is 0 Å². The van der Waals surface area contributed by atoms with Gasteiger partial charge in [0.1, 0.15) is 13.0 Å². The minimum atomic E-state index is -1.91. The number of aliphatic hydroxyl groups excluding tert-OH is 1. The highest BCUT2D eigenvalue weighted by molar-refractivity contribution is 6.28. The van der Waals surface area contributed by atoms with Gasteiger partial charge in [0.2, 0.25) is 11.6 Å². The SMILES string of the molecule is O=C(CC(=O)c1cc2c(o1)C(=O)c1ccccc1C2=O)OCC(O)C(=O)O. The molecule has 9 heteroatoms. The number of aliphatic carboxylic acids is 1. The summed E-state index contributed by atoms with van der Waals surface area (Å²) in [4.78, 5) is 59.0. The number of carbonyl (C=O) groups excluding carboxylic acids is 4. The average Bonchev–Trinajstić information content (AvgIpc) is 3.10. The minimum absolute atomic E-state index is 0.0725. The Hall–Kier alpha value is -3.59. The second-order valence-corrected chi connectivity index (χ2v) is 5.69. The van der Waals surface area contributed by atoms with Gasteiger partial charge in [0, 0.05) is 11.1 Å². The Morgan fingerprint density at radius 2 is 1.67 bits per heavy atom. The highest BCUT2D eigenvalue weighted by atomic mass is 16.5. The molecule has 0 fully saturated rings. The third-order valence-electron chi connectivity index (χ3n) is 3.87. The van der Waals surface area contributed by atoms with E-state index in [0.717, 1.165) is 6.07 Å². The van der Waals surface area contributed by atoms with Crippen molar-refractivity contribution in [2.45, 2.75) is 12.5 Å². The number of ether oxygens (including phenoxy) is 1. The van der Waals surface area contributed by atoms with Crippen molar-refractivity contribution in [1.82, 2.24) is 0 Å². The molecule has 9 nitrogen and oxygen atoms in total. The second-order valence-electron chi connectivity index (χ2n) is 5.69. The van der Waals surface area contributed by atoms with Gasteiger partial charge in [-0.05, 0) is 6.07 Å². The van der Waals surface area contributed by atoms with Crippen LogP contribution < -0.4 is 0 Å². The van der Waals surface area contributed by atoms with Crippen LogP contribution in [0.25, 0.3) is 0 Å². The molecule has 0 bridgehead atoms. The lowest BCUT2D eigenvalue weighted by Gasteiger charge is -2.11. The maximum atomic E-state index is 12.5. The maximum absolute atomic E-state index is 12.5. The van der Waals surface area contributed by atoms with Crippen LogP contribution in [0.5, 0.6) is 0 Å². The molecule has 0 saturated carbocycles. The standard InChI is InChI=1S/C18H12O9/c19-11(6-14(21)26-7-12(20)18(24)25)13-5-10-15(22)8-3-1-2-4-9(8)16(23)17(10)27-13/h1-5,12,20H,6-7H2,(H,24,25). The van der Waals surface area contributed by atoms with Crippen LogP contribution in [0.3, 0.4) is 0 Å². The lowest BCUT2D eigenvalue weighted by Crippen LogP contribution is -2.27. The van der Waals surface area contributed by atoms with Gasteiger partial charge in [-0.25, -0.2) is 4.79 Å². The van der Waals surface area contributed by atoms with Crippen LogP contribution in [0.4, 0.5) is 0 Å². The van der Waals surface area contributed by atoms with Crippen molar-refractivity contribution >= 4 is 29.3 Å². The Kier molecular flexibility index (Phi) is 4.70. The summed E-state index contributed by atoms with van der Waals surface area (Å²) in [5, 5.41) is 17.5. The van der Waals surface area contributed by atoms with Crippen LogP contribution in [0, 0.1) is 0 Å². The van der Waals surface area contributed by atoms with E-state index in [2.05, 4.69) is 4.74 Å². The monoisotopic (exact) mass is 372 g/mol. The number of Topliss-reactive ketones (excluding diaryl/α,β-unsaturated/α-hetero) is 1. The smallest absolute Gasteiger partial charge is 0.336 e. The van der Waals surface area contributed by atoms with Crippen LogP contribution in [0.15, 0.2) is 34.7 Å². The Balaban J connectivity index is 1.75. The van der Waals surface area contributed by atoms with Gasteiger partial charge >= 0.3 is 11.9 Å². The number of carboxylic acid groups (broad SMARTS) is 1. The Labute approximate surface area is 151 Å². The molecule has 0 amide bonds. The first-order valence-electron chi connectivity index (χ1n) is 7.71. The maximum Gasteiger partial charge on any atom is 0.336 e. The van der Waals surface area contributed by atoms with E-state index in [4.69, 9.17) is 14.6 Å². The molecule has 3 rings (SSSR count). The van der Waals surface area contributed by atoms with Gasteiger partial charge in [-0.3, -0.25) is 19.2 Å². The topological polar surface area (TPSA) is 148 Å². The third kappa shape index (κ3) is 3.40. The van der Waals surface area contributed by atoms with Crippen LogP contribution in [-0.4, -0.2) is 52.2 Å². The summed E-state index contributed by atoms with van der Waals surface area (Å²) < 4.78 is 9.69. The Morgan fingerprint density at radius 3 is 2.30 bits per heavy atom. The first-order valence-corrected chi connectivity index (χ1v) is 7.71. The number of rotatable bonds is 6. The van der Waals surface area contributed by atoms with Crippen molar-refractivity contribution in [1.29, 1.82) is 0 Å². The molecule has 2 aromatic rings. The molecular weight excluding hydrogens is 360 g/mol. The average molecular weight is 372 g/mol. The van der Waals surface area contributed by atoms with E-state index in [1.54, 1.807) is 12.1 Å². The van der Waals surface area contributed by atoms with Crippen molar-refractivity contribution < 1.29 is 43.3 Å². The zero-order valence-electron chi connectivity index (χ0n) is 13.6. The zero-order chi connectivity index (χ0) is 19.7. The zero-order valence-corrected chi connectivity index (χ0v) is 13.6. The normalized spacial score (nSPS) is 13.5. The number of fused-ring (bicyclic) bond motifs is 2. The number of esters is 1. The number of carboxylic acids is 1. The lowest BCUT2D eigenvalue weighted by molar-refractivity contribution is -0.155. The number of hydrogen-bond donors (Lipinski definition) is 2. The number of ketones is 3. The van der Waals surface area contributed by atoms with E-state index < -0.39 is 48.4 Å². The molecule has 1 aromatic heterocycles. The Morgan fingerprint density at radius 1 is 1.04 bits per heavy atom. The molecule has 1 atom stereocenters. The summed E-state index contributed by atoms with van der Waals surface area (Å²) in [6.07, 6.45) is -2.72. The van der Waals surface area contributed by atoms with Crippen molar-refractivity contribution in [3.8, 4) is 0 Å². The van der Waals surface area contributed by atoms with Crippen LogP contribution in [0.2, 0.25) is 0 Å². The van der Waals surface area contributed by atoms with Gasteiger partial charge < -0.3 is 19.4 Å². The molecule has 0 spiro atoms. The second kappa shape index (κ2) is 6.96. The highest BCUT2D eigenvalue weighted by Gasteiger charge is 2.34. The fraction of sp³-hybridized carbons (Fsp3) is 0.167.